The van der Waals surface area contributed by atoms with Gasteiger partial charge in [-0.15, -0.1) is 0 Å². The molecular formula is C8H7F4NO2. The number of nitrogens with zero attached hydrogens (tertiary/aromatic N) is 1. The van der Waals surface area contributed by atoms with Crippen molar-refractivity contribution in [3.63, 3.8) is 0 Å². The second-order valence-electron chi connectivity index (χ2n) is 3.12. The Kier molecular flexibility index (Phi) is 2.83. The minimum absolute atomic E-state index is 0.0370. The van der Waals surface area contributed by atoms with Crippen molar-refractivity contribution in [1.29, 1.82) is 0 Å². The molecule has 0 atom stereocenters. The van der Waals surface area contributed by atoms with Gasteiger partial charge >= 0.3 is 12.3 Å². The third-order valence-electron chi connectivity index (χ3n) is 1.88. The molecule has 0 fully saturated rings. The van der Waals surface area contributed by atoms with Crippen LogP contribution in [0.2, 0.25) is 0 Å². The lowest BCUT2D eigenvalue weighted by atomic mass is 10.3. The van der Waals surface area contributed by atoms with Crippen molar-refractivity contribution in [1.82, 2.24) is 4.90 Å². The van der Waals surface area contributed by atoms with E-state index in [9.17, 15) is 27.2 Å². The number of hydrogen-bond donors (Lipinski definition) is 0. The summed E-state index contributed by atoms with van der Waals surface area (Å²) in [5.74, 6) is -6.32. The zero-order chi connectivity index (χ0) is 11.8. The molecule has 3 nitrogen and oxygen atoms in total. The first kappa shape index (κ1) is 11.7. The molecule has 1 aliphatic rings. The SMILES string of the molecule is CC1=CC(=O)N(CC(F)(F)C(F)F)C1=O. The molecule has 7 heteroatoms. The lowest BCUT2D eigenvalue weighted by molar-refractivity contribution is -0.160. The second-order valence-corrected chi connectivity index (χ2v) is 3.12. The summed E-state index contributed by atoms with van der Waals surface area (Å²) in [6.45, 7) is -0.336. The number of halogens is 4. The average Bonchev–Trinajstić information content (AvgIpc) is 2.32. The van der Waals surface area contributed by atoms with Gasteiger partial charge in [0.25, 0.3) is 11.8 Å². The molecule has 0 aromatic heterocycles. The van der Waals surface area contributed by atoms with Crippen LogP contribution in [0.3, 0.4) is 0 Å². The topological polar surface area (TPSA) is 37.4 Å². The van der Waals surface area contributed by atoms with Crippen LogP contribution in [0.1, 0.15) is 6.92 Å². The van der Waals surface area contributed by atoms with Crippen LogP contribution < -0.4 is 0 Å². The second kappa shape index (κ2) is 3.63. The molecule has 1 rings (SSSR count). The van der Waals surface area contributed by atoms with Crippen molar-refractivity contribution in [2.45, 2.75) is 19.3 Å². The monoisotopic (exact) mass is 225 g/mol. The van der Waals surface area contributed by atoms with E-state index in [0.29, 0.717) is 0 Å². The van der Waals surface area contributed by atoms with Crippen molar-refractivity contribution in [2.24, 2.45) is 0 Å². The average molecular weight is 225 g/mol. The highest BCUT2D eigenvalue weighted by molar-refractivity contribution is 6.15. The Labute approximate surface area is 82.3 Å². The summed E-state index contributed by atoms with van der Waals surface area (Å²) in [6, 6.07) is 0. The zero-order valence-corrected chi connectivity index (χ0v) is 7.64. The summed E-state index contributed by atoms with van der Waals surface area (Å²) < 4.78 is 48.7. The fourth-order valence-electron chi connectivity index (χ4n) is 1.07. The first-order chi connectivity index (χ1) is 6.75. The van der Waals surface area contributed by atoms with Crippen molar-refractivity contribution >= 4 is 11.8 Å². The fraction of sp³-hybridized carbons (Fsp3) is 0.500. The van der Waals surface area contributed by atoms with Gasteiger partial charge in [-0.3, -0.25) is 14.5 Å². The Morgan fingerprint density at radius 2 is 1.93 bits per heavy atom. The molecule has 15 heavy (non-hydrogen) atoms. The molecule has 0 unspecified atom stereocenters. The normalized spacial score (nSPS) is 17.7. The van der Waals surface area contributed by atoms with Crippen LogP contribution in [-0.2, 0) is 9.59 Å². The van der Waals surface area contributed by atoms with E-state index in [2.05, 4.69) is 0 Å². The quantitative estimate of drug-likeness (QED) is 0.534. The summed E-state index contributed by atoms with van der Waals surface area (Å²) >= 11 is 0. The maximum atomic E-state index is 12.6. The van der Waals surface area contributed by atoms with Crippen molar-refractivity contribution in [3.05, 3.63) is 11.6 Å². The van der Waals surface area contributed by atoms with Crippen LogP contribution in [0.15, 0.2) is 11.6 Å². The maximum Gasteiger partial charge on any atom is 0.325 e. The standard InChI is InChI=1S/C8H7F4NO2/c1-4-2-5(14)13(6(4)15)3-8(11,12)7(9)10/h2,7H,3H2,1H3. The highest BCUT2D eigenvalue weighted by Gasteiger charge is 2.46. The lowest BCUT2D eigenvalue weighted by Gasteiger charge is -2.21. The predicted molar refractivity (Wildman–Crippen MR) is 41.4 cm³/mol. The number of carbonyl (C=O) groups is 2. The molecule has 0 aromatic rings. The third-order valence-corrected chi connectivity index (χ3v) is 1.88. The summed E-state index contributed by atoms with van der Waals surface area (Å²) in [5.41, 5.74) is -0.0370. The first-order valence-electron chi connectivity index (χ1n) is 3.96. The first-order valence-corrected chi connectivity index (χ1v) is 3.96. The Morgan fingerprint density at radius 3 is 2.27 bits per heavy atom. The summed E-state index contributed by atoms with van der Waals surface area (Å²) in [5, 5.41) is 0. The molecular weight excluding hydrogens is 218 g/mol. The third kappa shape index (κ3) is 2.16. The van der Waals surface area contributed by atoms with Gasteiger partial charge in [-0.1, -0.05) is 0 Å². The fourth-order valence-corrected chi connectivity index (χ4v) is 1.07. The number of hydrogen-bond acceptors (Lipinski definition) is 2. The number of imide groups is 1. The molecule has 0 bridgehead atoms. The molecule has 0 aromatic carbocycles. The van der Waals surface area contributed by atoms with E-state index in [1.54, 1.807) is 0 Å². The van der Waals surface area contributed by atoms with Crippen LogP contribution in [0.25, 0.3) is 0 Å². The van der Waals surface area contributed by atoms with Crippen molar-refractivity contribution < 1.29 is 27.2 Å². The van der Waals surface area contributed by atoms with Gasteiger partial charge in [-0.05, 0) is 6.92 Å². The van der Waals surface area contributed by atoms with Crippen molar-refractivity contribution in [3.8, 4) is 0 Å². The van der Waals surface area contributed by atoms with E-state index in [1.807, 2.05) is 0 Å². The van der Waals surface area contributed by atoms with Crippen LogP contribution in [0.5, 0.6) is 0 Å². The molecule has 0 saturated carbocycles. The minimum atomic E-state index is -4.37. The van der Waals surface area contributed by atoms with E-state index in [0.717, 1.165) is 6.08 Å². The van der Waals surface area contributed by atoms with Gasteiger partial charge in [0, 0.05) is 11.6 Å². The molecule has 0 spiro atoms. The number of carbonyl (C=O) groups excluding carboxylic acids is 2. The Morgan fingerprint density at radius 1 is 1.40 bits per heavy atom. The molecule has 0 N–H and O–H groups in total. The summed E-state index contributed by atoms with van der Waals surface area (Å²) in [4.78, 5) is 22.1. The highest BCUT2D eigenvalue weighted by Crippen LogP contribution is 2.26. The van der Waals surface area contributed by atoms with Gasteiger partial charge in [0.1, 0.15) is 0 Å². The highest BCUT2D eigenvalue weighted by atomic mass is 19.3. The largest absolute Gasteiger partial charge is 0.325 e. The predicted octanol–water partition coefficient (Wildman–Crippen LogP) is 1.20. The van der Waals surface area contributed by atoms with Gasteiger partial charge in [0.05, 0.1) is 6.54 Å². The molecule has 0 saturated heterocycles. The number of amides is 2. The minimum Gasteiger partial charge on any atom is -0.269 e. The number of alkyl halides is 4. The lowest BCUT2D eigenvalue weighted by Crippen LogP contribution is -2.44. The van der Waals surface area contributed by atoms with E-state index in [1.165, 1.54) is 6.92 Å². The van der Waals surface area contributed by atoms with Gasteiger partial charge in [-0.2, -0.15) is 8.78 Å². The van der Waals surface area contributed by atoms with E-state index >= 15 is 0 Å². The molecule has 1 heterocycles. The Bertz CT molecular complexity index is 338. The smallest absolute Gasteiger partial charge is 0.269 e. The van der Waals surface area contributed by atoms with Gasteiger partial charge in [0.15, 0.2) is 0 Å². The van der Waals surface area contributed by atoms with Gasteiger partial charge < -0.3 is 0 Å². The zero-order valence-electron chi connectivity index (χ0n) is 7.64. The van der Waals surface area contributed by atoms with E-state index in [4.69, 9.17) is 0 Å². The maximum absolute atomic E-state index is 12.6. The summed E-state index contributed by atoms with van der Waals surface area (Å²) in [6.07, 6.45) is -3.07. The molecule has 1 aliphatic heterocycles. The van der Waals surface area contributed by atoms with Gasteiger partial charge in [-0.25, -0.2) is 8.78 Å². The summed E-state index contributed by atoms with van der Waals surface area (Å²) in [7, 11) is 0. The van der Waals surface area contributed by atoms with Crippen LogP contribution in [0, 0.1) is 0 Å². The Balaban J connectivity index is 2.78. The van der Waals surface area contributed by atoms with Crippen LogP contribution >= 0.6 is 0 Å². The van der Waals surface area contributed by atoms with Crippen molar-refractivity contribution in [2.75, 3.05) is 6.54 Å². The number of rotatable bonds is 3. The van der Waals surface area contributed by atoms with Crippen LogP contribution in [0.4, 0.5) is 17.6 Å². The molecule has 0 aliphatic carbocycles. The molecule has 84 valence electrons. The Hall–Kier alpha value is -1.40. The molecule has 0 radical (unpaired) electrons. The van der Waals surface area contributed by atoms with E-state index in [-0.39, 0.29) is 10.5 Å². The van der Waals surface area contributed by atoms with Crippen LogP contribution in [-0.4, -0.2) is 35.6 Å². The van der Waals surface area contributed by atoms with E-state index < -0.39 is 30.7 Å². The van der Waals surface area contributed by atoms with Gasteiger partial charge in [0.2, 0.25) is 0 Å². The molecule has 2 amide bonds.